The van der Waals surface area contributed by atoms with Gasteiger partial charge in [0, 0.05) is 4.88 Å². The highest BCUT2D eigenvalue weighted by atomic mass is 32.1. The number of nitrogens with zero attached hydrogens (tertiary/aromatic N) is 1. The lowest BCUT2D eigenvalue weighted by Gasteiger charge is -2.18. The summed E-state index contributed by atoms with van der Waals surface area (Å²) in [4.78, 5) is 5.43. The minimum absolute atomic E-state index is 0.0249. The molecule has 2 nitrogen and oxygen atoms in total. The SMILES string of the molecule is CCNC(c1cc(C)cc(F)c1)c1scnc1C. The molecule has 0 saturated heterocycles. The topological polar surface area (TPSA) is 24.9 Å². The Morgan fingerprint density at radius 3 is 2.67 bits per heavy atom. The Balaban J connectivity index is 2.44. The number of thiazole rings is 1. The van der Waals surface area contributed by atoms with Crippen LogP contribution in [0.3, 0.4) is 0 Å². The molecule has 2 rings (SSSR count). The van der Waals surface area contributed by atoms with E-state index in [0.717, 1.165) is 28.2 Å². The lowest BCUT2D eigenvalue weighted by molar-refractivity contribution is 0.604. The first-order valence-electron chi connectivity index (χ1n) is 6.02. The van der Waals surface area contributed by atoms with Crippen molar-refractivity contribution in [3.05, 3.63) is 51.2 Å². The third-order valence-electron chi connectivity index (χ3n) is 2.85. The van der Waals surface area contributed by atoms with E-state index in [9.17, 15) is 4.39 Å². The van der Waals surface area contributed by atoms with Gasteiger partial charge in [-0.2, -0.15) is 0 Å². The summed E-state index contributed by atoms with van der Waals surface area (Å²) >= 11 is 1.61. The van der Waals surface area contributed by atoms with Crippen molar-refractivity contribution in [1.29, 1.82) is 0 Å². The summed E-state index contributed by atoms with van der Waals surface area (Å²) in [6.45, 7) is 6.78. The molecule has 0 aliphatic carbocycles. The molecule has 0 spiro atoms. The number of benzene rings is 1. The third-order valence-corrected chi connectivity index (χ3v) is 3.85. The summed E-state index contributed by atoms with van der Waals surface area (Å²) in [5, 5.41) is 3.40. The second-order valence-electron chi connectivity index (χ2n) is 4.35. The van der Waals surface area contributed by atoms with Crippen LogP contribution in [0.1, 0.15) is 34.7 Å². The van der Waals surface area contributed by atoms with Gasteiger partial charge in [0.05, 0.1) is 17.2 Å². The van der Waals surface area contributed by atoms with Crippen LogP contribution in [0.5, 0.6) is 0 Å². The van der Waals surface area contributed by atoms with Crippen LogP contribution < -0.4 is 5.32 Å². The highest BCUT2D eigenvalue weighted by molar-refractivity contribution is 7.09. The summed E-state index contributed by atoms with van der Waals surface area (Å²) in [5.41, 5.74) is 4.74. The van der Waals surface area contributed by atoms with Gasteiger partial charge in [-0.15, -0.1) is 11.3 Å². The number of hydrogen-bond donors (Lipinski definition) is 1. The summed E-state index contributed by atoms with van der Waals surface area (Å²) in [7, 11) is 0. The van der Waals surface area contributed by atoms with Gasteiger partial charge in [-0.1, -0.05) is 13.0 Å². The number of halogens is 1. The van der Waals surface area contributed by atoms with E-state index in [4.69, 9.17) is 0 Å². The Hall–Kier alpha value is -1.26. The number of hydrogen-bond acceptors (Lipinski definition) is 3. The molecule has 0 saturated carbocycles. The molecule has 0 radical (unpaired) electrons. The van der Waals surface area contributed by atoms with Crippen molar-refractivity contribution >= 4 is 11.3 Å². The lowest BCUT2D eigenvalue weighted by atomic mass is 10.0. The van der Waals surface area contributed by atoms with Gasteiger partial charge in [0.25, 0.3) is 0 Å². The molecule has 1 aromatic carbocycles. The van der Waals surface area contributed by atoms with Gasteiger partial charge in [-0.25, -0.2) is 9.37 Å². The molecule has 0 aliphatic heterocycles. The third kappa shape index (κ3) is 2.76. The number of nitrogens with one attached hydrogen (secondary N) is 1. The molecule has 1 N–H and O–H groups in total. The molecule has 4 heteroatoms. The quantitative estimate of drug-likeness (QED) is 0.912. The van der Waals surface area contributed by atoms with Crippen LogP contribution in [-0.4, -0.2) is 11.5 Å². The van der Waals surface area contributed by atoms with Crippen LogP contribution in [0, 0.1) is 19.7 Å². The average molecular weight is 264 g/mol. The van der Waals surface area contributed by atoms with Gasteiger partial charge in [-0.05, 0) is 43.7 Å². The van der Waals surface area contributed by atoms with E-state index < -0.39 is 0 Å². The fourth-order valence-electron chi connectivity index (χ4n) is 2.09. The summed E-state index contributed by atoms with van der Waals surface area (Å²) in [6.07, 6.45) is 0. The zero-order chi connectivity index (χ0) is 13.1. The van der Waals surface area contributed by atoms with Gasteiger partial charge >= 0.3 is 0 Å². The second kappa shape index (κ2) is 5.59. The summed E-state index contributed by atoms with van der Waals surface area (Å²) in [5.74, 6) is -0.185. The maximum Gasteiger partial charge on any atom is 0.123 e. The van der Waals surface area contributed by atoms with Gasteiger partial charge in [0.15, 0.2) is 0 Å². The molecule has 1 heterocycles. The monoisotopic (exact) mass is 264 g/mol. The Morgan fingerprint density at radius 1 is 1.33 bits per heavy atom. The standard InChI is InChI=1S/C14H17FN2S/c1-4-16-13(14-10(3)17-8-18-14)11-5-9(2)6-12(15)7-11/h5-8,13,16H,4H2,1-3H3. The Labute approximate surface area is 111 Å². The van der Waals surface area contributed by atoms with E-state index in [1.165, 1.54) is 0 Å². The molecule has 0 fully saturated rings. The molecule has 0 aliphatic rings. The molecule has 0 amide bonds. The van der Waals surface area contributed by atoms with Gasteiger partial charge in [0.2, 0.25) is 0 Å². The van der Waals surface area contributed by atoms with Gasteiger partial charge in [-0.3, -0.25) is 0 Å². The Morgan fingerprint density at radius 2 is 2.11 bits per heavy atom. The average Bonchev–Trinajstić information content (AvgIpc) is 2.71. The lowest BCUT2D eigenvalue weighted by Crippen LogP contribution is -2.22. The van der Waals surface area contributed by atoms with E-state index in [0.29, 0.717) is 0 Å². The normalized spacial score (nSPS) is 12.7. The van der Waals surface area contributed by atoms with Crippen molar-refractivity contribution in [2.75, 3.05) is 6.54 Å². The first-order valence-corrected chi connectivity index (χ1v) is 6.90. The second-order valence-corrected chi connectivity index (χ2v) is 5.24. The minimum Gasteiger partial charge on any atom is -0.306 e. The minimum atomic E-state index is -0.185. The number of aromatic nitrogens is 1. The van der Waals surface area contributed by atoms with Gasteiger partial charge < -0.3 is 5.32 Å². The predicted molar refractivity (Wildman–Crippen MR) is 73.5 cm³/mol. The fourth-order valence-corrected chi connectivity index (χ4v) is 2.99. The number of aryl methyl sites for hydroxylation is 2. The van der Waals surface area contributed by atoms with Crippen molar-refractivity contribution in [2.24, 2.45) is 0 Å². The van der Waals surface area contributed by atoms with Crippen molar-refractivity contribution < 1.29 is 4.39 Å². The molecule has 0 bridgehead atoms. The van der Waals surface area contributed by atoms with Crippen molar-refractivity contribution in [2.45, 2.75) is 26.8 Å². The zero-order valence-corrected chi connectivity index (χ0v) is 11.6. The van der Waals surface area contributed by atoms with Gasteiger partial charge in [0.1, 0.15) is 5.82 Å². The summed E-state index contributed by atoms with van der Waals surface area (Å²) in [6, 6.07) is 5.19. The largest absolute Gasteiger partial charge is 0.306 e. The Kier molecular flexibility index (Phi) is 4.09. The van der Waals surface area contributed by atoms with Crippen LogP contribution in [-0.2, 0) is 0 Å². The molecule has 18 heavy (non-hydrogen) atoms. The van der Waals surface area contributed by atoms with E-state index in [1.54, 1.807) is 23.5 Å². The number of rotatable bonds is 4. The first kappa shape index (κ1) is 13.2. The van der Waals surface area contributed by atoms with E-state index in [1.807, 2.05) is 25.4 Å². The first-order chi connectivity index (χ1) is 8.61. The molecule has 1 atom stereocenters. The van der Waals surface area contributed by atoms with Crippen LogP contribution in [0.25, 0.3) is 0 Å². The molecule has 1 aromatic heterocycles. The van der Waals surface area contributed by atoms with Crippen molar-refractivity contribution in [1.82, 2.24) is 10.3 Å². The summed E-state index contributed by atoms with van der Waals surface area (Å²) < 4.78 is 13.5. The maximum atomic E-state index is 13.5. The van der Waals surface area contributed by atoms with Crippen molar-refractivity contribution in [3.63, 3.8) is 0 Å². The molecule has 1 unspecified atom stereocenters. The maximum absolute atomic E-state index is 13.5. The highest BCUT2D eigenvalue weighted by Gasteiger charge is 2.18. The Bertz CT molecular complexity index is 516. The van der Waals surface area contributed by atoms with E-state index in [2.05, 4.69) is 17.2 Å². The molecule has 96 valence electrons. The highest BCUT2D eigenvalue weighted by Crippen LogP contribution is 2.28. The van der Waals surface area contributed by atoms with E-state index in [-0.39, 0.29) is 11.9 Å². The predicted octanol–water partition coefficient (Wildman–Crippen LogP) is 3.60. The molecular formula is C14H17FN2S. The molecule has 2 aromatic rings. The fraction of sp³-hybridized carbons (Fsp3) is 0.357. The van der Waals surface area contributed by atoms with Crippen LogP contribution in [0.2, 0.25) is 0 Å². The smallest absolute Gasteiger partial charge is 0.123 e. The van der Waals surface area contributed by atoms with Crippen molar-refractivity contribution in [3.8, 4) is 0 Å². The zero-order valence-electron chi connectivity index (χ0n) is 10.8. The van der Waals surface area contributed by atoms with Crippen LogP contribution >= 0.6 is 11.3 Å². The van der Waals surface area contributed by atoms with Crippen LogP contribution in [0.4, 0.5) is 4.39 Å². The van der Waals surface area contributed by atoms with E-state index >= 15 is 0 Å². The molecular weight excluding hydrogens is 247 g/mol. The van der Waals surface area contributed by atoms with Crippen LogP contribution in [0.15, 0.2) is 23.7 Å².